The lowest BCUT2D eigenvalue weighted by Crippen LogP contribution is -2.41. The normalized spacial score (nSPS) is 15.3. The highest BCUT2D eigenvalue weighted by atomic mass is 32.2. The van der Waals surface area contributed by atoms with Crippen molar-refractivity contribution in [3.05, 3.63) is 59.7 Å². The van der Waals surface area contributed by atoms with Gasteiger partial charge in [-0.2, -0.15) is 13.1 Å². The monoisotopic (exact) mass is 483 g/mol. The maximum Gasteiger partial charge on any atom is 0.387 e. The zero-order valence-corrected chi connectivity index (χ0v) is 18.6. The number of hydrogen-bond acceptors (Lipinski definition) is 7. The van der Waals surface area contributed by atoms with Crippen LogP contribution in [-0.4, -0.2) is 51.5 Å². The summed E-state index contributed by atoms with van der Waals surface area (Å²) in [6, 6.07) is 11.8. The number of rotatable bonds is 8. The molecule has 33 heavy (non-hydrogen) atoms. The van der Waals surface area contributed by atoms with Crippen LogP contribution in [0.25, 0.3) is 0 Å². The fourth-order valence-corrected chi connectivity index (χ4v) is 5.19. The Morgan fingerprint density at radius 2 is 1.70 bits per heavy atom. The molecule has 1 heterocycles. The number of ether oxygens (including phenoxy) is 3. The third kappa shape index (κ3) is 5.85. The molecule has 2 aromatic rings. The molecule has 1 fully saturated rings. The average Bonchev–Trinajstić information content (AvgIpc) is 2.82. The molecule has 3 rings (SSSR count). The number of piperidine rings is 1. The van der Waals surface area contributed by atoms with Crippen molar-refractivity contribution in [2.75, 3.05) is 20.2 Å². The van der Waals surface area contributed by atoms with Crippen LogP contribution < -0.4 is 4.74 Å². The van der Waals surface area contributed by atoms with Gasteiger partial charge in [-0.15, -0.1) is 0 Å². The number of benzene rings is 2. The molecule has 0 spiro atoms. The average molecular weight is 483 g/mol. The number of carbonyl (C=O) groups is 2. The van der Waals surface area contributed by atoms with Crippen LogP contribution in [0.3, 0.4) is 0 Å². The highest BCUT2D eigenvalue weighted by molar-refractivity contribution is 7.89. The first kappa shape index (κ1) is 24.6. The lowest BCUT2D eigenvalue weighted by atomic mass is 9.98. The molecular formula is C22H23F2NO7S. The molecule has 8 nitrogen and oxygen atoms in total. The summed E-state index contributed by atoms with van der Waals surface area (Å²) in [5, 5.41) is 0. The Hall–Kier alpha value is -3.05. The van der Waals surface area contributed by atoms with Crippen LogP contribution in [0.1, 0.15) is 28.8 Å². The molecule has 1 aliphatic rings. The fraction of sp³-hybridized carbons (Fsp3) is 0.364. The summed E-state index contributed by atoms with van der Waals surface area (Å²) in [6.45, 7) is -3.13. The second-order valence-corrected chi connectivity index (χ2v) is 9.17. The molecule has 11 heteroatoms. The van der Waals surface area contributed by atoms with Gasteiger partial charge < -0.3 is 14.2 Å². The summed E-state index contributed by atoms with van der Waals surface area (Å²) in [5.74, 6) is -1.93. The van der Waals surface area contributed by atoms with Crippen molar-refractivity contribution in [1.29, 1.82) is 0 Å². The summed E-state index contributed by atoms with van der Waals surface area (Å²) in [6.07, 6.45) is 0.432. The van der Waals surface area contributed by atoms with Crippen LogP contribution in [-0.2, 0) is 30.9 Å². The maximum atomic E-state index is 13.1. The largest absolute Gasteiger partial charge is 0.465 e. The zero-order valence-electron chi connectivity index (χ0n) is 17.8. The third-order valence-electron chi connectivity index (χ3n) is 5.26. The van der Waals surface area contributed by atoms with Crippen molar-refractivity contribution in [3.8, 4) is 5.75 Å². The summed E-state index contributed by atoms with van der Waals surface area (Å²) in [5.41, 5.74) is 0.233. The van der Waals surface area contributed by atoms with Gasteiger partial charge in [0.1, 0.15) is 12.4 Å². The Balaban J connectivity index is 1.61. The maximum absolute atomic E-state index is 13.1. The highest BCUT2D eigenvalue weighted by Crippen LogP contribution is 2.28. The molecule has 178 valence electrons. The van der Waals surface area contributed by atoms with E-state index in [-0.39, 0.29) is 48.7 Å². The molecule has 0 bridgehead atoms. The first-order valence-corrected chi connectivity index (χ1v) is 11.5. The Morgan fingerprint density at radius 1 is 1.06 bits per heavy atom. The van der Waals surface area contributed by atoms with Crippen molar-refractivity contribution < 1.29 is 41.0 Å². The topological polar surface area (TPSA) is 99.2 Å². The van der Waals surface area contributed by atoms with E-state index >= 15 is 0 Å². The van der Waals surface area contributed by atoms with E-state index in [1.807, 2.05) is 0 Å². The molecule has 0 amide bonds. The Labute approximate surface area is 190 Å². The van der Waals surface area contributed by atoms with Crippen molar-refractivity contribution in [3.63, 3.8) is 0 Å². The van der Waals surface area contributed by atoms with Crippen LogP contribution >= 0.6 is 0 Å². The molecular weight excluding hydrogens is 460 g/mol. The third-order valence-corrected chi connectivity index (χ3v) is 7.21. The predicted molar refractivity (Wildman–Crippen MR) is 112 cm³/mol. The van der Waals surface area contributed by atoms with Gasteiger partial charge in [-0.1, -0.05) is 30.3 Å². The molecule has 1 aliphatic heterocycles. The van der Waals surface area contributed by atoms with E-state index < -0.39 is 34.5 Å². The minimum atomic E-state index is -3.98. The van der Waals surface area contributed by atoms with Gasteiger partial charge in [-0.3, -0.25) is 4.79 Å². The Morgan fingerprint density at radius 3 is 2.36 bits per heavy atom. The second-order valence-electron chi connectivity index (χ2n) is 7.26. The molecule has 0 N–H and O–H groups in total. The van der Waals surface area contributed by atoms with Gasteiger partial charge in [0.05, 0.1) is 23.5 Å². The minimum Gasteiger partial charge on any atom is -0.465 e. The van der Waals surface area contributed by atoms with E-state index in [4.69, 9.17) is 4.74 Å². The minimum absolute atomic E-state index is 0.0582. The SMILES string of the molecule is COC(=O)c1ccccc1S(=O)(=O)N1CCC(C(=O)OCc2ccccc2OC(F)F)CC1. The van der Waals surface area contributed by atoms with E-state index in [0.29, 0.717) is 5.56 Å². The molecule has 1 saturated heterocycles. The van der Waals surface area contributed by atoms with Gasteiger partial charge >= 0.3 is 18.6 Å². The van der Waals surface area contributed by atoms with Gasteiger partial charge in [0.15, 0.2) is 0 Å². The van der Waals surface area contributed by atoms with Gasteiger partial charge in [-0.25, -0.2) is 13.2 Å². The zero-order chi connectivity index (χ0) is 24.0. The van der Waals surface area contributed by atoms with E-state index in [9.17, 15) is 26.8 Å². The van der Waals surface area contributed by atoms with Gasteiger partial charge in [-0.05, 0) is 31.0 Å². The Bertz CT molecular complexity index is 1100. The first-order chi connectivity index (χ1) is 15.7. The van der Waals surface area contributed by atoms with Crippen LogP contribution in [0, 0.1) is 5.92 Å². The summed E-state index contributed by atoms with van der Waals surface area (Å²) in [7, 11) is -2.81. The number of halogens is 2. The van der Waals surface area contributed by atoms with Gasteiger partial charge in [0, 0.05) is 18.7 Å². The molecule has 0 atom stereocenters. The van der Waals surface area contributed by atoms with E-state index in [1.54, 1.807) is 6.07 Å². The number of alkyl halides is 2. The van der Waals surface area contributed by atoms with Crippen molar-refractivity contribution in [2.45, 2.75) is 31.0 Å². The summed E-state index contributed by atoms with van der Waals surface area (Å²) >= 11 is 0. The number of hydrogen-bond donors (Lipinski definition) is 0. The molecule has 0 saturated carbocycles. The van der Waals surface area contributed by atoms with Crippen LogP contribution in [0.5, 0.6) is 5.75 Å². The molecule has 0 aliphatic carbocycles. The standard InChI is InChI=1S/C22H23F2NO7S/c1-30-21(27)17-7-3-5-9-19(17)33(28,29)25-12-10-15(11-13-25)20(26)31-14-16-6-2-4-8-18(16)32-22(23)24/h2-9,15,22H,10-14H2,1H3. The van der Waals surface area contributed by atoms with Crippen LogP contribution in [0.2, 0.25) is 0 Å². The lowest BCUT2D eigenvalue weighted by molar-refractivity contribution is -0.151. The van der Waals surface area contributed by atoms with Gasteiger partial charge in [0.2, 0.25) is 10.0 Å². The van der Waals surface area contributed by atoms with Crippen LogP contribution in [0.15, 0.2) is 53.4 Å². The number of methoxy groups -OCH3 is 1. The predicted octanol–water partition coefficient (Wildman–Crippen LogP) is 3.22. The van der Waals surface area contributed by atoms with Gasteiger partial charge in [0.25, 0.3) is 0 Å². The first-order valence-electron chi connectivity index (χ1n) is 10.1. The highest BCUT2D eigenvalue weighted by Gasteiger charge is 2.35. The smallest absolute Gasteiger partial charge is 0.387 e. The van der Waals surface area contributed by atoms with E-state index in [2.05, 4.69) is 9.47 Å². The second kappa shape index (κ2) is 10.7. The number of para-hydroxylation sites is 1. The molecule has 0 aromatic heterocycles. The Kier molecular flexibility index (Phi) is 7.98. The van der Waals surface area contributed by atoms with E-state index in [0.717, 1.165) is 0 Å². The van der Waals surface area contributed by atoms with Crippen molar-refractivity contribution >= 4 is 22.0 Å². The molecule has 0 unspecified atom stereocenters. The number of nitrogens with zero attached hydrogens (tertiary/aromatic N) is 1. The summed E-state index contributed by atoms with van der Waals surface area (Å²) < 4.78 is 66.8. The number of carbonyl (C=O) groups excluding carboxylic acids is 2. The lowest BCUT2D eigenvalue weighted by Gasteiger charge is -2.30. The van der Waals surface area contributed by atoms with Crippen LogP contribution in [0.4, 0.5) is 8.78 Å². The number of esters is 2. The number of sulfonamides is 1. The van der Waals surface area contributed by atoms with Crippen molar-refractivity contribution in [2.24, 2.45) is 5.92 Å². The quantitative estimate of drug-likeness (QED) is 0.532. The van der Waals surface area contributed by atoms with Crippen molar-refractivity contribution in [1.82, 2.24) is 4.31 Å². The fourth-order valence-electron chi connectivity index (χ4n) is 3.54. The summed E-state index contributed by atoms with van der Waals surface area (Å²) in [4.78, 5) is 24.3. The molecule has 2 aromatic carbocycles. The molecule has 0 radical (unpaired) electrons. The van der Waals surface area contributed by atoms with E-state index in [1.165, 1.54) is 53.9 Å².